The van der Waals surface area contributed by atoms with Gasteiger partial charge in [-0.3, -0.25) is 9.36 Å². The first-order chi connectivity index (χ1) is 14.5. The molecule has 1 fully saturated rings. The van der Waals surface area contributed by atoms with E-state index in [-0.39, 0.29) is 5.56 Å². The summed E-state index contributed by atoms with van der Waals surface area (Å²) in [5.74, 6) is 0. The summed E-state index contributed by atoms with van der Waals surface area (Å²) < 4.78 is 1.86. The third kappa shape index (κ3) is 3.72. The standard InChI is InChI=1S/C25H30N4O/c1-16-17(2)24-22(25(30)29(15-28-24)21-6-4-5-7-21)13-20(16)12-18-8-10-19(11-9-18)23(26)14-27-3/h8-11,13-15,21,27H,4-7,12,26H2,1-3H3/b23-14-. The smallest absolute Gasteiger partial charge is 0.261 e. The first kappa shape index (κ1) is 20.2. The van der Waals surface area contributed by atoms with Crippen molar-refractivity contribution in [2.24, 2.45) is 5.73 Å². The Labute approximate surface area is 177 Å². The molecule has 5 heteroatoms. The van der Waals surface area contributed by atoms with Crippen LogP contribution in [0.4, 0.5) is 0 Å². The van der Waals surface area contributed by atoms with Crippen molar-refractivity contribution in [1.82, 2.24) is 14.9 Å². The molecule has 1 aliphatic rings. The molecule has 1 aliphatic carbocycles. The second-order valence-electron chi connectivity index (χ2n) is 8.34. The molecule has 0 amide bonds. The van der Waals surface area contributed by atoms with Gasteiger partial charge in [-0.15, -0.1) is 0 Å². The van der Waals surface area contributed by atoms with Gasteiger partial charge in [-0.1, -0.05) is 37.1 Å². The third-order valence-electron chi connectivity index (χ3n) is 6.45. The highest BCUT2D eigenvalue weighted by molar-refractivity contribution is 5.83. The van der Waals surface area contributed by atoms with Crippen molar-refractivity contribution in [3.8, 4) is 0 Å². The molecule has 0 unspecified atom stereocenters. The summed E-state index contributed by atoms with van der Waals surface area (Å²) in [6, 6.07) is 10.6. The molecule has 4 rings (SSSR count). The number of hydrogen-bond donors (Lipinski definition) is 2. The maximum Gasteiger partial charge on any atom is 0.261 e. The maximum absolute atomic E-state index is 13.3. The van der Waals surface area contributed by atoms with E-state index in [4.69, 9.17) is 5.73 Å². The second kappa shape index (κ2) is 8.34. The summed E-state index contributed by atoms with van der Waals surface area (Å²) in [6.07, 6.45) is 8.85. The highest BCUT2D eigenvalue weighted by atomic mass is 16.1. The fourth-order valence-corrected chi connectivity index (χ4v) is 4.51. The minimum absolute atomic E-state index is 0.0941. The molecule has 3 N–H and O–H groups in total. The normalized spacial score (nSPS) is 15.1. The Morgan fingerprint density at radius 1 is 1.20 bits per heavy atom. The molecule has 0 saturated heterocycles. The zero-order valence-electron chi connectivity index (χ0n) is 18.0. The van der Waals surface area contributed by atoms with Gasteiger partial charge in [-0.2, -0.15) is 0 Å². The molecular weight excluding hydrogens is 372 g/mol. The first-order valence-electron chi connectivity index (χ1n) is 10.7. The molecule has 1 heterocycles. The zero-order chi connectivity index (χ0) is 21.3. The van der Waals surface area contributed by atoms with Crippen LogP contribution in [0.3, 0.4) is 0 Å². The van der Waals surface area contributed by atoms with Gasteiger partial charge in [0.05, 0.1) is 22.9 Å². The van der Waals surface area contributed by atoms with E-state index in [0.29, 0.717) is 11.7 Å². The van der Waals surface area contributed by atoms with E-state index in [0.717, 1.165) is 41.3 Å². The zero-order valence-corrected chi connectivity index (χ0v) is 18.0. The monoisotopic (exact) mass is 402 g/mol. The molecule has 0 aliphatic heterocycles. The Morgan fingerprint density at radius 3 is 2.57 bits per heavy atom. The van der Waals surface area contributed by atoms with Crippen LogP contribution in [-0.2, 0) is 6.42 Å². The Hall–Kier alpha value is -3.08. The van der Waals surface area contributed by atoms with Gasteiger partial charge in [-0.25, -0.2) is 4.98 Å². The number of aromatic nitrogens is 2. The highest BCUT2D eigenvalue weighted by Crippen LogP contribution is 2.29. The number of benzene rings is 2. The fourth-order valence-electron chi connectivity index (χ4n) is 4.51. The molecule has 156 valence electrons. The van der Waals surface area contributed by atoms with Gasteiger partial charge >= 0.3 is 0 Å². The lowest BCUT2D eigenvalue weighted by atomic mass is 9.94. The van der Waals surface area contributed by atoms with Crippen LogP contribution in [0, 0.1) is 13.8 Å². The average molecular weight is 403 g/mol. The summed E-state index contributed by atoms with van der Waals surface area (Å²) in [6.45, 7) is 4.19. The van der Waals surface area contributed by atoms with Gasteiger partial charge in [0.1, 0.15) is 0 Å². The predicted octanol–water partition coefficient (Wildman–Crippen LogP) is 4.20. The molecule has 0 radical (unpaired) electrons. The van der Waals surface area contributed by atoms with E-state index < -0.39 is 0 Å². The second-order valence-corrected chi connectivity index (χ2v) is 8.34. The molecule has 0 bridgehead atoms. The average Bonchev–Trinajstić information content (AvgIpc) is 3.28. The van der Waals surface area contributed by atoms with Crippen molar-refractivity contribution < 1.29 is 0 Å². The van der Waals surface area contributed by atoms with Crippen LogP contribution in [0.25, 0.3) is 16.6 Å². The van der Waals surface area contributed by atoms with Gasteiger partial charge in [0.25, 0.3) is 5.56 Å². The van der Waals surface area contributed by atoms with Crippen molar-refractivity contribution in [2.45, 2.75) is 52.0 Å². The van der Waals surface area contributed by atoms with E-state index in [1.165, 1.54) is 29.5 Å². The molecule has 0 spiro atoms. The van der Waals surface area contributed by atoms with Crippen molar-refractivity contribution >= 4 is 16.6 Å². The van der Waals surface area contributed by atoms with Crippen molar-refractivity contribution in [3.05, 3.63) is 81.0 Å². The van der Waals surface area contributed by atoms with E-state index in [9.17, 15) is 4.79 Å². The molecule has 0 atom stereocenters. The Morgan fingerprint density at radius 2 is 1.90 bits per heavy atom. The minimum atomic E-state index is 0.0941. The summed E-state index contributed by atoms with van der Waals surface area (Å²) in [4.78, 5) is 17.9. The van der Waals surface area contributed by atoms with E-state index in [1.54, 1.807) is 12.5 Å². The van der Waals surface area contributed by atoms with Crippen LogP contribution in [0.15, 0.2) is 47.7 Å². The van der Waals surface area contributed by atoms with Crippen molar-refractivity contribution in [2.75, 3.05) is 7.05 Å². The third-order valence-corrected chi connectivity index (χ3v) is 6.45. The predicted molar refractivity (Wildman–Crippen MR) is 123 cm³/mol. The van der Waals surface area contributed by atoms with Gasteiger partial charge in [0, 0.05) is 19.3 Å². The lowest BCUT2D eigenvalue weighted by Crippen LogP contribution is -2.24. The summed E-state index contributed by atoms with van der Waals surface area (Å²) in [5.41, 5.74) is 13.3. The topological polar surface area (TPSA) is 72.9 Å². The number of rotatable bonds is 5. The number of nitrogens with two attached hydrogens (primary N) is 1. The van der Waals surface area contributed by atoms with Crippen molar-refractivity contribution in [3.63, 3.8) is 0 Å². The number of nitrogens with zero attached hydrogens (tertiary/aromatic N) is 2. The van der Waals surface area contributed by atoms with Crippen LogP contribution < -0.4 is 16.6 Å². The molecule has 2 aromatic carbocycles. The van der Waals surface area contributed by atoms with Crippen LogP contribution in [0.1, 0.15) is 59.5 Å². The fraction of sp³-hybridized carbons (Fsp3) is 0.360. The largest absolute Gasteiger partial charge is 0.397 e. The highest BCUT2D eigenvalue weighted by Gasteiger charge is 2.20. The van der Waals surface area contributed by atoms with Gasteiger partial charge in [0.2, 0.25) is 0 Å². The molecular formula is C25H30N4O. The van der Waals surface area contributed by atoms with Crippen LogP contribution in [0.5, 0.6) is 0 Å². The Bertz CT molecular complexity index is 1150. The quantitative estimate of drug-likeness (QED) is 0.671. The van der Waals surface area contributed by atoms with E-state index >= 15 is 0 Å². The maximum atomic E-state index is 13.3. The summed E-state index contributed by atoms with van der Waals surface area (Å²) in [5, 5.41) is 3.69. The Balaban J connectivity index is 1.72. The van der Waals surface area contributed by atoms with E-state index in [2.05, 4.69) is 42.3 Å². The van der Waals surface area contributed by atoms with Gasteiger partial charge < -0.3 is 11.1 Å². The first-order valence-corrected chi connectivity index (χ1v) is 10.7. The van der Waals surface area contributed by atoms with E-state index in [1.807, 2.05) is 23.7 Å². The van der Waals surface area contributed by atoms with Crippen LogP contribution in [0.2, 0.25) is 0 Å². The van der Waals surface area contributed by atoms with Gasteiger partial charge in [0.15, 0.2) is 0 Å². The molecule has 3 aromatic rings. The molecule has 30 heavy (non-hydrogen) atoms. The summed E-state index contributed by atoms with van der Waals surface area (Å²) >= 11 is 0. The lowest BCUT2D eigenvalue weighted by molar-refractivity contribution is 0.499. The molecule has 1 aromatic heterocycles. The molecule has 5 nitrogen and oxygen atoms in total. The van der Waals surface area contributed by atoms with Crippen LogP contribution >= 0.6 is 0 Å². The Kier molecular flexibility index (Phi) is 5.62. The van der Waals surface area contributed by atoms with Crippen LogP contribution in [-0.4, -0.2) is 16.6 Å². The lowest BCUT2D eigenvalue weighted by Gasteiger charge is -2.16. The molecule has 1 saturated carbocycles. The number of fused-ring (bicyclic) bond motifs is 1. The number of hydrogen-bond acceptors (Lipinski definition) is 4. The van der Waals surface area contributed by atoms with Crippen molar-refractivity contribution in [1.29, 1.82) is 0 Å². The van der Waals surface area contributed by atoms with Gasteiger partial charge in [-0.05, 0) is 67.0 Å². The number of nitrogens with one attached hydrogen (secondary N) is 1. The SMILES string of the molecule is CN/C=C(\N)c1ccc(Cc2cc3c(=O)n(C4CCCC4)cnc3c(C)c2C)cc1. The summed E-state index contributed by atoms with van der Waals surface area (Å²) in [7, 11) is 1.83. The minimum Gasteiger partial charge on any atom is -0.397 e. The number of aryl methyl sites for hydroxylation is 1.